The molecule has 24 heavy (non-hydrogen) atoms. The quantitative estimate of drug-likeness (QED) is 0.477. The van der Waals surface area contributed by atoms with Crippen molar-refractivity contribution >= 4 is 22.8 Å². The first-order valence-corrected chi connectivity index (χ1v) is 9.01. The molecule has 4 rings (SSSR count). The van der Waals surface area contributed by atoms with E-state index in [9.17, 15) is 0 Å². The molecule has 0 amide bonds. The first kappa shape index (κ1) is 15.0. The van der Waals surface area contributed by atoms with E-state index in [2.05, 4.69) is 66.5 Å². The average molecular weight is 330 g/mol. The number of benzene rings is 3. The number of nitrogens with zero attached hydrogens (tertiary/aromatic N) is 1. The van der Waals surface area contributed by atoms with Crippen LogP contribution in [0.1, 0.15) is 11.1 Å². The number of aromatic amines is 1. The van der Waals surface area contributed by atoms with Crippen LogP contribution in [-0.2, 0) is 5.75 Å². The summed E-state index contributed by atoms with van der Waals surface area (Å²) in [6.07, 6.45) is 0. The van der Waals surface area contributed by atoms with E-state index in [1.54, 1.807) is 0 Å². The van der Waals surface area contributed by atoms with Crippen molar-refractivity contribution in [2.45, 2.75) is 17.6 Å². The molecule has 0 radical (unpaired) electrons. The lowest BCUT2D eigenvalue weighted by Gasteiger charge is -2.07. The number of H-pyrrole nitrogens is 1. The summed E-state index contributed by atoms with van der Waals surface area (Å²) in [6, 6.07) is 25.3. The van der Waals surface area contributed by atoms with E-state index < -0.39 is 0 Å². The molecule has 0 spiro atoms. The predicted molar refractivity (Wildman–Crippen MR) is 102 cm³/mol. The predicted octanol–water partition coefficient (Wildman–Crippen LogP) is 5.83. The second kappa shape index (κ2) is 6.54. The Hall–Kier alpha value is -2.52. The van der Waals surface area contributed by atoms with Gasteiger partial charge in [0.1, 0.15) is 5.82 Å². The van der Waals surface area contributed by atoms with E-state index in [4.69, 9.17) is 4.98 Å². The highest BCUT2D eigenvalue weighted by molar-refractivity contribution is 7.98. The van der Waals surface area contributed by atoms with Gasteiger partial charge in [-0.25, -0.2) is 4.98 Å². The van der Waals surface area contributed by atoms with E-state index in [-0.39, 0.29) is 0 Å². The molecular formula is C21H18N2S. The zero-order chi connectivity index (χ0) is 16.4. The molecule has 0 unspecified atom stereocenters. The lowest BCUT2D eigenvalue weighted by Crippen LogP contribution is -1.89. The van der Waals surface area contributed by atoms with Gasteiger partial charge in [0.25, 0.3) is 0 Å². The fourth-order valence-electron chi connectivity index (χ4n) is 2.75. The Balaban J connectivity index is 1.63. The Bertz CT molecular complexity index is 937. The number of thioether (sulfide) groups is 1. The Morgan fingerprint density at radius 2 is 1.62 bits per heavy atom. The third-order valence-corrected chi connectivity index (χ3v) is 5.14. The van der Waals surface area contributed by atoms with Crippen molar-refractivity contribution < 1.29 is 0 Å². The van der Waals surface area contributed by atoms with Gasteiger partial charge in [-0.15, -0.1) is 11.8 Å². The van der Waals surface area contributed by atoms with Gasteiger partial charge in [-0.3, -0.25) is 0 Å². The van der Waals surface area contributed by atoms with Crippen molar-refractivity contribution in [3.05, 3.63) is 83.9 Å². The molecule has 3 heteroatoms. The summed E-state index contributed by atoms with van der Waals surface area (Å²) >= 11 is 1.86. The molecule has 0 aliphatic rings. The number of rotatable bonds is 4. The van der Waals surface area contributed by atoms with Crippen LogP contribution in [0.4, 0.5) is 0 Å². The van der Waals surface area contributed by atoms with Gasteiger partial charge in [0, 0.05) is 16.2 Å². The minimum atomic E-state index is 0.927. The number of imidazole rings is 1. The molecule has 4 aromatic rings. The van der Waals surface area contributed by atoms with Gasteiger partial charge in [0.2, 0.25) is 0 Å². The average Bonchev–Trinajstić information content (AvgIpc) is 3.05. The van der Waals surface area contributed by atoms with Crippen molar-refractivity contribution in [1.82, 2.24) is 9.97 Å². The maximum atomic E-state index is 4.75. The lowest BCUT2D eigenvalue weighted by atomic mass is 10.1. The standard InChI is InChI=1S/C21H18N2S/c1-15-10-12-17(13-11-15)24-14-16-6-2-3-7-18(16)21-22-19-8-4-5-9-20(19)23-21/h2-13H,14H2,1H3,(H,22,23). The zero-order valence-electron chi connectivity index (χ0n) is 13.5. The number of hydrogen-bond acceptors (Lipinski definition) is 2. The van der Waals surface area contributed by atoms with Crippen molar-refractivity contribution in [3.63, 3.8) is 0 Å². The van der Waals surface area contributed by atoms with E-state index in [0.717, 1.165) is 22.6 Å². The third-order valence-electron chi connectivity index (χ3n) is 4.08. The van der Waals surface area contributed by atoms with Gasteiger partial charge >= 0.3 is 0 Å². The fourth-order valence-corrected chi connectivity index (χ4v) is 3.66. The van der Waals surface area contributed by atoms with Gasteiger partial charge in [-0.05, 0) is 36.8 Å². The molecule has 0 aliphatic carbocycles. The molecule has 0 fully saturated rings. The van der Waals surface area contributed by atoms with Crippen LogP contribution in [0.15, 0.2) is 77.7 Å². The number of fused-ring (bicyclic) bond motifs is 1. The molecule has 1 heterocycles. The monoisotopic (exact) mass is 330 g/mol. The molecule has 1 N–H and O–H groups in total. The minimum Gasteiger partial charge on any atom is -0.338 e. The van der Waals surface area contributed by atoms with Crippen molar-refractivity contribution in [2.75, 3.05) is 0 Å². The van der Waals surface area contributed by atoms with Crippen LogP contribution in [-0.4, -0.2) is 9.97 Å². The first-order chi connectivity index (χ1) is 11.8. The zero-order valence-corrected chi connectivity index (χ0v) is 14.3. The van der Waals surface area contributed by atoms with E-state index in [1.807, 2.05) is 30.0 Å². The molecule has 118 valence electrons. The maximum absolute atomic E-state index is 4.75. The Labute approximate surface area is 146 Å². The topological polar surface area (TPSA) is 28.7 Å². The maximum Gasteiger partial charge on any atom is 0.138 e. The van der Waals surface area contributed by atoms with Crippen molar-refractivity contribution in [2.24, 2.45) is 0 Å². The molecular weight excluding hydrogens is 312 g/mol. The summed E-state index contributed by atoms with van der Waals surface area (Å²) in [7, 11) is 0. The highest BCUT2D eigenvalue weighted by Crippen LogP contribution is 2.29. The summed E-state index contributed by atoms with van der Waals surface area (Å²) < 4.78 is 0. The molecule has 2 nitrogen and oxygen atoms in total. The van der Waals surface area contributed by atoms with E-state index >= 15 is 0 Å². The van der Waals surface area contributed by atoms with Gasteiger partial charge in [0.15, 0.2) is 0 Å². The van der Waals surface area contributed by atoms with Gasteiger partial charge in [0.05, 0.1) is 11.0 Å². The second-order valence-electron chi connectivity index (χ2n) is 5.86. The summed E-state index contributed by atoms with van der Waals surface area (Å²) in [5, 5.41) is 0. The normalized spacial score (nSPS) is 11.0. The molecule has 0 aliphatic heterocycles. The summed E-state index contributed by atoms with van der Waals surface area (Å²) in [5.74, 6) is 1.87. The SMILES string of the molecule is Cc1ccc(SCc2ccccc2-c2nc3ccccc3[nH]2)cc1. The van der Waals surface area contributed by atoms with Gasteiger partial charge < -0.3 is 4.98 Å². The second-order valence-corrected chi connectivity index (χ2v) is 6.91. The summed E-state index contributed by atoms with van der Waals surface area (Å²) in [6.45, 7) is 2.12. The molecule has 1 aromatic heterocycles. The van der Waals surface area contributed by atoms with Gasteiger partial charge in [-0.2, -0.15) is 0 Å². The smallest absolute Gasteiger partial charge is 0.138 e. The lowest BCUT2D eigenvalue weighted by molar-refractivity contribution is 1.29. The molecule has 0 saturated carbocycles. The molecule has 0 bridgehead atoms. The van der Waals surface area contributed by atoms with Crippen LogP contribution in [0, 0.1) is 6.92 Å². The van der Waals surface area contributed by atoms with Crippen molar-refractivity contribution in [3.8, 4) is 11.4 Å². The number of hydrogen-bond donors (Lipinski definition) is 1. The van der Waals surface area contributed by atoms with Crippen LogP contribution in [0.25, 0.3) is 22.4 Å². The summed E-state index contributed by atoms with van der Waals surface area (Å²) in [4.78, 5) is 9.47. The van der Waals surface area contributed by atoms with Gasteiger partial charge in [-0.1, -0.05) is 54.1 Å². The molecule has 0 saturated heterocycles. The largest absolute Gasteiger partial charge is 0.338 e. The van der Waals surface area contributed by atoms with Crippen LogP contribution >= 0.6 is 11.8 Å². The highest BCUT2D eigenvalue weighted by atomic mass is 32.2. The summed E-state index contributed by atoms with van der Waals surface area (Å²) in [5.41, 5.74) is 5.85. The first-order valence-electron chi connectivity index (χ1n) is 8.02. The van der Waals surface area contributed by atoms with Crippen LogP contribution < -0.4 is 0 Å². The number of aromatic nitrogens is 2. The van der Waals surface area contributed by atoms with E-state index in [1.165, 1.54) is 21.6 Å². The number of para-hydroxylation sites is 2. The highest BCUT2D eigenvalue weighted by Gasteiger charge is 2.09. The van der Waals surface area contributed by atoms with Crippen LogP contribution in [0.2, 0.25) is 0 Å². The van der Waals surface area contributed by atoms with Crippen LogP contribution in [0.3, 0.4) is 0 Å². The molecule has 0 atom stereocenters. The Morgan fingerprint density at radius 3 is 2.46 bits per heavy atom. The third kappa shape index (κ3) is 3.08. The number of aryl methyl sites for hydroxylation is 1. The minimum absolute atomic E-state index is 0.927. The van der Waals surface area contributed by atoms with Crippen molar-refractivity contribution in [1.29, 1.82) is 0 Å². The van der Waals surface area contributed by atoms with E-state index in [0.29, 0.717) is 0 Å². The Kier molecular flexibility index (Phi) is 4.09. The fraction of sp³-hybridized carbons (Fsp3) is 0.0952. The number of nitrogens with one attached hydrogen (secondary N) is 1. The Morgan fingerprint density at radius 1 is 0.875 bits per heavy atom. The molecule has 3 aromatic carbocycles. The van der Waals surface area contributed by atoms with Crippen LogP contribution in [0.5, 0.6) is 0 Å².